The van der Waals surface area contributed by atoms with Gasteiger partial charge in [-0.2, -0.15) is 5.26 Å². The minimum Gasteiger partial charge on any atom is -0.457 e. The molecular weight excluding hydrogens is 311 g/mol. The predicted octanol–water partition coefficient (Wildman–Crippen LogP) is 3.19. The maximum atomic E-state index is 14.1. The monoisotopic (exact) mass is 330 g/mol. The van der Waals surface area contributed by atoms with Gasteiger partial charge in [0.15, 0.2) is 0 Å². The summed E-state index contributed by atoms with van der Waals surface area (Å²) < 4.78 is 19.5. The highest BCUT2D eigenvalue weighted by Gasteiger charge is 2.30. The van der Waals surface area contributed by atoms with Gasteiger partial charge in [-0.05, 0) is 43.9 Å². The van der Waals surface area contributed by atoms with Crippen LogP contribution in [-0.4, -0.2) is 24.5 Å². The Kier molecular flexibility index (Phi) is 4.79. The van der Waals surface area contributed by atoms with Crippen molar-refractivity contribution in [1.29, 1.82) is 5.26 Å². The van der Waals surface area contributed by atoms with Crippen molar-refractivity contribution in [2.75, 3.05) is 11.4 Å². The fourth-order valence-corrected chi connectivity index (χ4v) is 3.35. The number of amides is 1. The van der Waals surface area contributed by atoms with Crippen LogP contribution in [0.1, 0.15) is 48.9 Å². The Morgan fingerprint density at radius 1 is 1.29 bits per heavy atom. The predicted molar refractivity (Wildman–Crippen MR) is 84.8 cm³/mol. The molecule has 1 amide bonds. The lowest BCUT2D eigenvalue weighted by Gasteiger charge is -2.26. The molecule has 24 heavy (non-hydrogen) atoms. The third-order valence-corrected chi connectivity index (χ3v) is 4.68. The highest BCUT2D eigenvalue weighted by atomic mass is 19.1. The van der Waals surface area contributed by atoms with E-state index in [1.807, 2.05) is 0 Å². The van der Waals surface area contributed by atoms with E-state index in [1.54, 1.807) is 4.90 Å². The molecule has 0 spiro atoms. The van der Waals surface area contributed by atoms with Gasteiger partial charge in [0.2, 0.25) is 5.91 Å². The Morgan fingerprint density at radius 3 is 2.79 bits per heavy atom. The normalized spacial score (nSPS) is 23.8. The van der Waals surface area contributed by atoms with Crippen LogP contribution >= 0.6 is 0 Å². The van der Waals surface area contributed by atoms with Crippen LogP contribution in [0.15, 0.2) is 18.2 Å². The van der Waals surface area contributed by atoms with Crippen LogP contribution in [0.5, 0.6) is 0 Å². The van der Waals surface area contributed by atoms with Crippen molar-refractivity contribution < 1.29 is 18.7 Å². The van der Waals surface area contributed by atoms with E-state index in [0.717, 1.165) is 19.3 Å². The summed E-state index contributed by atoms with van der Waals surface area (Å²) in [6.45, 7) is 0.568. The zero-order chi connectivity index (χ0) is 17.1. The summed E-state index contributed by atoms with van der Waals surface area (Å²) in [5, 5.41) is 9.16. The maximum absolute atomic E-state index is 14.1. The van der Waals surface area contributed by atoms with Crippen molar-refractivity contribution >= 4 is 17.6 Å². The number of hydrogen-bond acceptors (Lipinski definition) is 4. The van der Waals surface area contributed by atoms with Gasteiger partial charge >= 0.3 is 5.97 Å². The van der Waals surface area contributed by atoms with E-state index in [9.17, 15) is 14.0 Å². The van der Waals surface area contributed by atoms with Crippen molar-refractivity contribution in [3.63, 3.8) is 0 Å². The van der Waals surface area contributed by atoms with Crippen molar-refractivity contribution in [2.24, 2.45) is 5.92 Å². The van der Waals surface area contributed by atoms with Crippen LogP contribution in [0.3, 0.4) is 0 Å². The first-order valence-electron chi connectivity index (χ1n) is 8.30. The highest BCUT2D eigenvalue weighted by molar-refractivity contribution is 5.97. The second-order valence-electron chi connectivity index (χ2n) is 6.28. The largest absolute Gasteiger partial charge is 0.457 e. The summed E-state index contributed by atoms with van der Waals surface area (Å²) in [6.07, 6.45) is 3.86. The summed E-state index contributed by atoms with van der Waals surface area (Å²) in [5.41, 5.74) is 0.320. The number of benzene rings is 1. The number of nitrogens with zero attached hydrogens (tertiary/aromatic N) is 2. The van der Waals surface area contributed by atoms with Crippen molar-refractivity contribution in [1.82, 2.24) is 0 Å². The molecule has 1 aromatic carbocycles. The topological polar surface area (TPSA) is 70.4 Å². The molecule has 2 atom stereocenters. The molecule has 126 valence electrons. The number of rotatable bonds is 3. The molecule has 0 unspecified atom stereocenters. The Balaban J connectivity index is 1.79. The van der Waals surface area contributed by atoms with E-state index in [4.69, 9.17) is 10.00 Å². The third kappa shape index (κ3) is 3.25. The van der Waals surface area contributed by atoms with Gasteiger partial charge in [-0.25, -0.2) is 9.18 Å². The molecular formula is C18H19FN2O3. The molecule has 0 aromatic heterocycles. The summed E-state index contributed by atoms with van der Waals surface area (Å²) in [7, 11) is 0. The molecule has 5 nitrogen and oxygen atoms in total. The number of hydrogen-bond donors (Lipinski definition) is 0. The van der Waals surface area contributed by atoms with Gasteiger partial charge in [-0.3, -0.25) is 4.79 Å². The van der Waals surface area contributed by atoms with Gasteiger partial charge in [-0.1, -0.05) is 6.42 Å². The average molecular weight is 330 g/mol. The van der Waals surface area contributed by atoms with Gasteiger partial charge in [0, 0.05) is 18.7 Å². The molecule has 3 rings (SSSR count). The van der Waals surface area contributed by atoms with E-state index in [-0.39, 0.29) is 17.4 Å². The van der Waals surface area contributed by atoms with Crippen molar-refractivity contribution in [3.8, 4) is 6.07 Å². The molecule has 1 saturated heterocycles. The second-order valence-corrected chi connectivity index (χ2v) is 6.28. The second kappa shape index (κ2) is 7.00. The maximum Gasteiger partial charge on any atom is 0.341 e. The number of carbonyl (C=O) groups is 2. The molecule has 1 aromatic rings. The van der Waals surface area contributed by atoms with Crippen LogP contribution in [0.2, 0.25) is 0 Å². The van der Waals surface area contributed by atoms with Crippen LogP contribution in [0, 0.1) is 23.1 Å². The van der Waals surface area contributed by atoms with Crippen LogP contribution in [0.25, 0.3) is 0 Å². The molecule has 2 fully saturated rings. The average Bonchev–Trinajstić information content (AvgIpc) is 3.02. The van der Waals surface area contributed by atoms with Gasteiger partial charge in [0.1, 0.15) is 11.9 Å². The van der Waals surface area contributed by atoms with E-state index < -0.39 is 17.9 Å². The first-order chi connectivity index (χ1) is 11.6. The summed E-state index contributed by atoms with van der Waals surface area (Å²) >= 11 is 0. The van der Waals surface area contributed by atoms with E-state index in [1.165, 1.54) is 18.2 Å². The number of anilines is 1. The van der Waals surface area contributed by atoms with Crippen molar-refractivity contribution in [3.05, 3.63) is 29.6 Å². The number of ether oxygens (including phenoxy) is 1. The van der Waals surface area contributed by atoms with Gasteiger partial charge in [0.25, 0.3) is 0 Å². The summed E-state index contributed by atoms with van der Waals surface area (Å²) in [5.74, 6) is -1.82. The lowest BCUT2D eigenvalue weighted by molar-refractivity contribution is -0.117. The smallest absolute Gasteiger partial charge is 0.341 e. The summed E-state index contributed by atoms with van der Waals surface area (Å²) in [6, 6.07) is 6.20. The van der Waals surface area contributed by atoms with E-state index in [0.29, 0.717) is 31.5 Å². The molecule has 0 bridgehead atoms. The number of carbonyl (C=O) groups excluding carboxylic acids is 2. The Morgan fingerprint density at radius 2 is 2.08 bits per heavy atom. The van der Waals surface area contributed by atoms with E-state index in [2.05, 4.69) is 6.07 Å². The summed E-state index contributed by atoms with van der Waals surface area (Å²) in [4.78, 5) is 25.7. The molecule has 2 aliphatic rings. The minimum absolute atomic E-state index is 0.0299. The first kappa shape index (κ1) is 16.4. The van der Waals surface area contributed by atoms with Crippen LogP contribution in [-0.2, 0) is 9.53 Å². The number of nitriles is 1. The molecule has 6 heteroatoms. The zero-order valence-corrected chi connectivity index (χ0v) is 13.3. The molecule has 0 radical (unpaired) electrons. The quantitative estimate of drug-likeness (QED) is 0.798. The molecule has 1 aliphatic carbocycles. The lowest BCUT2D eigenvalue weighted by atomic mass is 9.87. The van der Waals surface area contributed by atoms with Crippen molar-refractivity contribution in [2.45, 2.75) is 44.6 Å². The lowest BCUT2D eigenvalue weighted by Crippen LogP contribution is -2.30. The van der Waals surface area contributed by atoms with E-state index >= 15 is 0 Å². The standard InChI is InChI=1S/C18H19FN2O3/c19-15-8-7-13(21-9-3-6-17(21)22)10-14(15)18(23)24-16-5-2-1-4-12(16)11-20/h7-8,10,12,16H,1-6,9H2/t12-,16+/m0/s1. The van der Waals surface area contributed by atoms with Crippen LogP contribution < -0.4 is 4.90 Å². The molecule has 0 N–H and O–H groups in total. The Labute approximate surface area is 140 Å². The number of halogens is 1. The highest BCUT2D eigenvalue weighted by Crippen LogP contribution is 2.29. The zero-order valence-electron chi connectivity index (χ0n) is 13.3. The fourth-order valence-electron chi connectivity index (χ4n) is 3.35. The third-order valence-electron chi connectivity index (χ3n) is 4.68. The Bertz CT molecular complexity index is 698. The van der Waals surface area contributed by atoms with Gasteiger partial charge in [-0.15, -0.1) is 0 Å². The fraction of sp³-hybridized carbons (Fsp3) is 0.500. The first-order valence-corrected chi connectivity index (χ1v) is 8.30. The molecule has 1 saturated carbocycles. The minimum atomic E-state index is -0.770. The molecule has 1 aliphatic heterocycles. The van der Waals surface area contributed by atoms with Crippen LogP contribution in [0.4, 0.5) is 10.1 Å². The van der Waals surface area contributed by atoms with Gasteiger partial charge < -0.3 is 9.64 Å². The Hall–Kier alpha value is -2.42. The molecule has 1 heterocycles. The van der Waals surface area contributed by atoms with Gasteiger partial charge in [0.05, 0.1) is 17.6 Å². The SMILES string of the molecule is N#C[C@@H]1CCCC[C@H]1OC(=O)c1cc(N2CCCC2=O)ccc1F. The number of esters is 1.